The summed E-state index contributed by atoms with van der Waals surface area (Å²) >= 11 is 0. The summed E-state index contributed by atoms with van der Waals surface area (Å²) in [7, 11) is 1.55. The number of hydrogen-bond donors (Lipinski definition) is 0. The first-order valence-electron chi connectivity index (χ1n) is 7.31. The molecule has 0 N–H and O–H groups in total. The molecule has 4 nitrogen and oxygen atoms in total. The minimum atomic E-state index is -0.580. The third-order valence-electron chi connectivity index (χ3n) is 3.05. The van der Waals surface area contributed by atoms with Crippen LogP contribution in [0.2, 0.25) is 0 Å². The molecule has 0 saturated heterocycles. The summed E-state index contributed by atoms with van der Waals surface area (Å²) in [6.45, 7) is 5.69. The van der Waals surface area contributed by atoms with E-state index in [4.69, 9.17) is 9.47 Å². The van der Waals surface area contributed by atoms with Gasteiger partial charge in [0.15, 0.2) is 5.78 Å². The Hall–Kier alpha value is -2.36. The minimum absolute atomic E-state index is 0.287. The maximum absolute atomic E-state index is 12.0. The van der Waals surface area contributed by atoms with Crippen LogP contribution in [0.25, 0.3) is 0 Å². The molecule has 1 aromatic carbocycles. The third-order valence-corrected chi connectivity index (χ3v) is 3.05. The molecule has 4 heteroatoms. The number of unbranched alkanes of at least 4 members (excludes halogenated alkanes) is 2. The Balaban J connectivity index is 2.57. The number of Topliss-reactive ketones (excluding diaryl/α,β-unsaturated/α-hetero) is 1. The van der Waals surface area contributed by atoms with Crippen molar-refractivity contribution >= 4 is 11.8 Å². The number of ketones is 1. The van der Waals surface area contributed by atoms with Crippen LogP contribution in [0.15, 0.2) is 48.8 Å². The van der Waals surface area contributed by atoms with E-state index in [9.17, 15) is 9.59 Å². The van der Waals surface area contributed by atoms with Gasteiger partial charge in [0, 0.05) is 5.56 Å². The summed E-state index contributed by atoms with van der Waals surface area (Å²) in [6, 6.07) is 6.61. The van der Waals surface area contributed by atoms with Crippen molar-refractivity contribution in [2.75, 3.05) is 7.11 Å². The second-order valence-corrected chi connectivity index (χ2v) is 4.76. The summed E-state index contributed by atoms with van der Waals surface area (Å²) < 4.78 is 10.2. The van der Waals surface area contributed by atoms with Crippen LogP contribution in [0.3, 0.4) is 0 Å². The van der Waals surface area contributed by atoms with Gasteiger partial charge in [0.2, 0.25) is 0 Å². The number of methoxy groups -OCH3 is 1. The SMILES string of the molecule is C=CC(=CCCCC)OC(=O)CC(=O)c1ccc(OC)cc1. The van der Waals surface area contributed by atoms with E-state index in [-0.39, 0.29) is 12.2 Å². The van der Waals surface area contributed by atoms with Crippen LogP contribution in [0.4, 0.5) is 0 Å². The molecule has 0 radical (unpaired) electrons. The molecule has 0 unspecified atom stereocenters. The molecule has 0 aliphatic carbocycles. The summed E-state index contributed by atoms with van der Waals surface area (Å²) in [4.78, 5) is 23.8. The average molecular weight is 302 g/mol. The predicted octanol–water partition coefficient (Wildman–Crippen LogP) is 4.07. The molecular formula is C18H22O4. The van der Waals surface area contributed by atoms with Gasteiger partial charge in [0.25, 0.3) is 0 Å². The number of carbonyl (C=O) groups excluding carboxylic acids is 2. The van der Waals surface area contributed by atoms with E-state index >= 15 is 0 Å². The van der Waals surface area contributed by atoms with E-state index in [1.165, 1.54) is 6.08 Å². The molecule has 0 aliphatic heterocycles. The van der Waals surface area contributed by atoms with Crippen molar-refractivity contribution in [3.63, 3.8) is 0 Å². The molecule has 0 atom stereocenters. The number of rotatable bonds is 9. The van der Waals surface area contributed by atoms with Gasteiger partial charge in [-0.15, -0.1) is 0 Å². The minimum Gasteiger partial charge on any atom is -0.497 e. The Morgan fingerprint density at radius 3 is 2.45 bits per heavy atom. The molecule has 0 amide bonds. The summed E-state index contributed by atoms with van der Waals surface area (Å²) in [6.07, 6.45) is 5.88. The molecule has 0 heterocycles. The first-order valence-corrected chi connectivity index (χ1v) is 7.31. The predicted molar refractivity (Wildman–Crippen MR) is 85.8 cm³/mol. The van der Waals surface area contributed by atoms with Crippen molar-refractivity contribution in [1.29, 1.82) is 0 Å². The van der Waals surface area contributed by atoms with Crippen molar-refractivity contribution in [3.05, 3.63) is 54.3 Å². The Morgan fingerprint density at radius 1 is 1.23 bits per heavy atom. The Labute approximate surface area is 131 Å². The molecular weight excluding hydrogens is 280 g/mol. The molecule has 0 bridgehead atoms. The zero-order valence-corrected chi connectivity index (χ0v) is 13.1. The fraction of sp³-hybridized carbons (Fsp3) is 0.333. The molecule has 0 spiro atoms. The van der Waals surface area contributed by atoms with Crippen molar-refractivity contribution in [2.45, 2.75) is 32.6 Å². The lowest BCUT2D eigenvalue weighted by molar-refractivity contribution is -0.137. The summed E-state index contributed by atoms with van der Waals surface area (Å²) in [5.41, 5.74) is 0.452. The standard InChI is InChI=1S/C18H22O4/c1-4-6-7-8-15(5-2)22-18(20)13-17(19)14-9-11-16(21-3)12-10-14/h5,8-12H,2,4,6-7,13H2,1,3H3. The monoisotopic (exact) mass is 302 g/mol. The molecule has 22 heavy (non-hydrogen) atoms. The second-order valence-electron chi connectivity index (χ2n) is 4.76. The van der Waals surface area contributed by atoms with Gasteiger partial charge >= 0.3 is 5.97 Å². The first-order chi connectivity index (χ1) is 10.6. The largest absolute Gasteiger partial charge is 0.497 e. The second kappa shape index (κ2) is 9.55. The maximum atomic E-state index is 12.0. The van der Waals surface area contributed by atoms with E-state index in [0.29, 0.717) is 17.1 Å². The number of hydrogen-bond acceptors (Lipinski definition) is 4. The number of carbonyl (C=O) groups is 2. The number of ether oxygens (including phenoxy) is 2. The van der Waals surface area contributed by atoms with Crippen LogP contribution >= 0.6 is 0 Å². The van der Waals surface area contributed by atoms with Gasteiger partial charge in [-0.25, -0.2) is 0 Å². The van der Waals surface area contributed by atoms with Gasteiger partial charge in [-0.1, -0.05) is 19.9 Å². The van der Waals surface area contributed by atoms with E-state index in [2.05, 4.69) is 13.5 Å². The number of esters is 1. The number of allylic oxidation sites excluding steroid dienone is 2. The average Bonchev–Trinajstić information content (AvgIpc) is 2.54. The van der Waals surface area contributed by atoms with E-state index in [1.54, 1.807) is 31.4 Å². The Morgan fingerprint density at radius 2 is 1.91 bits per heavy atom. The fourth-order valence-electron chi connectivity index (χ4n) is 1.79. The lowest BCUT2D eigenvalue weighted by Gasteiger charge is -2.05. The van der Waals surface area contributed by atoms with Crippen LogP contribution in [0.1, 0.15) is 43.0 Å². The highest BCUT2D eigenvalue weighted by molar-refractivity contribution is 6.06. The quantitative estimate of drug-likeness (QED) is 0.172. The molecule has 0 fully saturated rings. The van der Waals surface area contributed by atoms with E-state index in [0.717, 1.165) is 19.3 Å². The first kappa shape index (κ1) is 17.7. The van der Waals surface area contributed by atoms with Crippen LogP contribution in [0.5, 0.6) is 5.75 Å². The van der Waals surface area contributed by atoms with Gasteiger partial charge < -0.3 is 9.47 Å². The molecule has 1 aromatic rings. The van der Waals surface area contributed by atoms with Crippen molar-refractivity contribution in [3.8, 4) is 5.75 Å². The molecule has 0 saturated carbocycles. The lowest BCUT2D eigenvalue weighted by atomic mass is 10.1. The van der Waals surface area contributed by atoms with Gasteiger partial charge in [0.05, 0.1) is 7.11 Å². The highest BCUT2D eigenvalue weighted by Gasteiger charge is 2.14. The van der Waals surface area contributed by atoms with E-state index in [1.807, 2.05) is 6.08 Å². The third kappa shape index (κ3) is 5.95. The van der Waals surface area contributed by atoms with Gasteiger partial charge in [-0.05, 0) is 49.3 Å². The lowest BCUT2D eigenvalue weighted by Crippen LogP contribution is -2.11. The molecule has 1 rings (SSSR count). The van der Waals surface area contributed by atoms with E-state index < -0.39 is 5.97 Å². The van der Waals surface area contributed by atoms with Crippen LogP contribution < -0.4 is 4.74 Å². The normalized spacial score (nSPS) is 10.9. The topological polar surface area (TPSA) is 52.6 Å². The Kier molecular flexibility index (Phi) is 7.68. The zero-order chi connectivity index (χ0) is 16.4. The highest BCUT2D eigenvalue weighted by atomic mass is 16.5. The maximum Gasteiger partial charge on any atom is 0.319 e. The van der Waals surface area contributed by atoms with Gasteiger partial charge in [-0.3, -0.25) is 9.59 Å². The van der Waals surface area contributed by atoms with Crippen LogP contribution in [-0.2, 0) is 9.53 Å². The van der Waals surface area contributed by atoms with Gasteiger partial charge in [0.1, 0.15) is 17.9 Å². The van der Waals surface area contributed by atoms with Crippen LogP contribution in [-0.4, -0.2) is 18.9 Å². The van der Waals surface area contributed by atoms with Crippen LogP contribution in [0, 0.1) is 0 Å². The summed E-state index contributed by atoms with van der Waals surface area (Å²) in [5, 5.41) is 0. The molecule has 0 aromatic heterocycles. The fourth-order valence-corrected chi connectivity index (χ4v) is 1.79. The van der Waals surface area contributed by atoms with Crippen molar-refractivity contribution < 1.29 is 19.1 Å². The van der Waals surface area contributed by atoms with Gasteiger partial charge in [-0.2, -0.15) is 0 Å². The Bertz CT molecular complexity index is 541. The molecule has 118 valence electrons. The van der Waals surface area contributed by atoms with Crippen molar-refractivity contribution in [2.24, 2.45) is 0 Å². The number of benzene rings is 1. The summed E-state index contributed by atoms with van der Waals surface area (Å²) in [5.74, 6) is 0.195. The smallest absolute Gasteiger partial charge is 0.319 e. The van der Waals surface area contributed by atoms with Crippen molar-refractivity contribution in [1.82, 2.24) is 0 Å². The molecule has 0 aliphatic rings. The highest BCUT2D eigenvalue weighted by Crippen LogP contribution is 2.13. The zero-order valence-electron chi connectivity index (χ0n) is 13.1.